The Morgan fingerprint density at radius 1 is 1.53 bits per heavy atom. The van der Waals surface area contributed by atoms with Crippen LogP contribution in [0.2, 0.25) is 0 Å². The normalized spacial score (nSPS) is 26.2. The molecule has 17 heavy (non-hydrogen) atoms. The Labute approximate surface area is 103 Å². The fraction of sp³-hybridized carbons (Fsp3) is 0.769. The second kappa shape index (κ2) is 6.17. The average Bonchev–Trinajstić information content (AvgIpc) is 2.83. The van der Waals surface area contributed by atoms with Crippen LogP contribution in [0.4, 0.5) is 0 Å². The van der Waals surface area contributed by atoms with E-state index in [9.17, 15) is 0 Å². The first-order valence-corrected chi connectivity index (χ1v) is 6.70. The molecule has 1 aromatic heterocycles. The molecule has 2 atom stereocenters. The van der Waals surface area contributed by atoms with E-state index < -0.39 is 0 Å². The summed E-state index contributed by atoms with van der Waals surface area (Å²) < 4.78 is 4.91. The molecular formula is C13H23N3O. The average molecular weight is 237 g/mol. The molecule has 2 heterocycles. The minimum Gasteiger partial charge on any atom is -0.364 e. The number of hydrogen-bond donors (Lipinski definition) is 1. The molecule has 0 aliphatic carbocycles. The third kappa shape index (κ3) is 3.30. The molecule has 1 aliphatic rings. The van der Waals surface area contributed by atoms with Gasteiger partial charge < -0.3 is 9.84 Å². The van der Waals surface area contributed by atoms with Gasteiger partial charge in [-0.2, -0.15) is 0 Å². The van der Waals surface area contributed by atoms with Crippen molar-refractivity contribution in [3.8, 4) is 0 Å². The number of rotatable bonds is 5. The summed E-state index contributed by atoms with van der Waals surface area (Å²) in [6, 6.07) is 3.22. The van der Waals surface area contributed by atoms with E-state index in [-0.39, 0.29) is 0 Å². The van der Waals surface area contributed by atoms with Crippen molar-refractivity contribution in [2.75, 3.05) is 13.1 Å². The van der Waals surface area contributed by atoms with Crippen LogP contribution in [0.5, 0.6) is 0 Å². The number of piperazine rings is 1. The van der Waals surface area contributed by atoms with E-state index in [1.807, 2.05) is 6.07 Å². The van der Waals surface area contributed by atoms with Gasteiger partial charge in [0, 0.05) is 37.8 Å². The van der Waals surface area contributed by atoms with Gasteiger partial charge in [0.25, 0.3) is 0 Å². The smallest absolute Gasteiger partial charge is 0.124 e. The monoisotopic (exact) mass is 237 g/mol. The fourth-order valence-electron chi connectivity index (χ4n) is 2.59. The molecule has 4 nitrogen and oxygen atoms in total. The molecule has 0 saturated carbocycles. The van der Waals surface area contributed by atoms with E-state index in [4.69, 9.17) is 4.52 Å². The summed E-state index contributed by atoms with van der Waals surface area (Å²) >= 11 is 0. The van der Waals surface area contributed by atoms with Gasteiger partial charge in [-0.1, -0.05) is 25.4 Å². The lowest BCUT2D eigenvalue weighted by Gasteiger charge is -2.39. The van der Waals surface area contributed by atoms with Crippen LogP contribution in [0.1, 0.15) is 38.8 Å². The second-order valence-corrected chi connectivity index (χ2v) is 4.88. The fourth-order valence-corrected chi connectivity index (χ4v) is 2.59. The van der Waals surface area contributed by atoms with Crippen molar-refractivity contribution in [3.63, 3.8) is 0 Å². The van der Waals surface area contributed by atoms with Gasteiger partial charge in [0.2, 0.25) is 0 Å². The van der Waals surface area contributed by atoms with Gasteiger partial charge in [0.05, 0.1) is 5.69 Å². The van der Waals surface area contributed by atoms with Crippen molar-refractivity contribution in [2.24, 2.45) is 0 Å². The highest BCUT2D eigenvalue weighted by atomic mass is 16.5. The maximum absolute atomic E-state index is 4.91. The van der Waals surface area contributed by atoms with Gasteiger partial charge in [0.1, 0.15) is 6.26 Å². The second-order valence-electron chi connectivity index (χ2n) is 4.88. The Morgan fingerprint density at radius 2 is 2.41 bits per heavy atom. The zero-order chi connectivity index (χ0) is 12.1. The van der Waals surface area contributed by atoms with E-state index in [2.05, 4.69) is 29.2 Å². The minimum absolute atomic E-state index is 0.625. The summed E-state index contributed by atoms with van der Waals surface area (Å²) in [7, 11) is 0. The first-order valence-electron chi connectivity index (χ1n) is 6.70. The van der Waals surface area contributed by atoms with Crippen molar-refractivity contribution < 1.29 is 4.52 Å². The largest absolute Gasteiger partial charge is 0.364 e. The highest BCUT2D eigenvalue weighted by molar-refractivity contribution is 4.97. The van der Waals surface area contributed by atoms with Crippen LogP contribution in [0.15, 0.2) is 16.9 Å². The number of hydrogen-bond acceptors (Lipinski definition) is 4. The van der Waals surface area contributed by atoms with Crippen LogP contribution in [0.25, 0.3) is 0 Å². The molecule has 0 bridgehead atoms. The molecule has 0 radical (unpaired) electrons. The Balaban J connectivity index is 1.94. The van der Waals surface area contributed by atoms with Gasteiger partial charge >= 0.3 is 0 Å². The number of aromatic nitrogens is 1. The van der Waals surface area contributed by atoms with Gasteiger partial charge in [0.15, 0.2) is 0 Å². The quantitative estimate of drug-likeness (QED) is 0.850. The third-order valence-corrected chi connectivity index (χ3v) is 3.58. The number of nitrogens with zero attached hydrogens (tertiary/aromatic N) is 2. The lowest BCUT2D eigenvalue weighted by molar-refractivity contribution is 0.113. The van der Waals surface area contributed by atoms with Crippen molar-refractivity contribution in [1.29, 1.82) is 0 Å². The molecule has 96 valence electrons. The van der Waals surface area contributed by atoms with Crippen LogP contribution >= 0.6 is 0 Å². The van der Waals surface area contributed by atoms with Crippen LogP contribution in [0.3, 0.4) is 0 Å². The van der Waals surface area contributed by atoms with E-state index in [1.54, 1.807) is 6.26 Å². The van der Waals surface area contributed by atoms with Crippen LogP contribution in [-0.2, 0) is 6.54 Å². The molecule has 1 aromatic rings. The highest BCUT2D eigenvalue weighted by Gasteiger charge is 2.26. The minimum atomic E-state index is 0.625. The molecule has 1 aliphatic heterocycles. The molecule has 0 spiro atoms. The van der Waals surface area contributed by atoms with Gasteiger partial charge in [-0.25, -0.2) is 0 Å². The van der Waals surface area contributed by atoms with Gasteiger partial charge in [-0.15, -0.1) is 0 Å². The number of nitrogens with one attached hydrogen (secondary N) is 1. The Kier molecular flexibility index (Phi) is 4.57. The molecule has 0 aromatic carbocycles. The predicted molar refractivity (Wildman–Crippen MR) is 67.7 cm³/mol. The lowest BCUT2D eigenvalue weighted by Crippen LogP contribution is -2.55. The van der Waals surface area contributed by atoms with Crippen LogP contribution < -0.4 is 5.32 Å². The van der Waals surface area contributed by atoms with E-state index in [1.165, 1.54) is 19.3 Å². The Hall–Kier alpha value is -0.870. The highest BCUT2D eigenvalue weighted by Crippen LogP contribution is 2.15. The first kappa shape index (κ1) is 12.6. The van der Waals surface area contributed by atoms with E-state index >= 15 is 0 Å². The third-order valence-electron chi connectivity index (χ3n) is 3.58. The zero-order valence-electron chi connectivity index (χ0n) is 10.9. The molecule has 2 unspecified atom stereocenters. The molecule has 1 N–H and O–H groups in total. The van der Waals surface area contributed by atoms with Crippen LogP contribution in [0, 0.1) is 0 Å². The van der Waals surface area contributed by atoms with Crippen molar-refractivity contribution in [2.45, 2.75) is 51.7 Å². The van der Waals surface area contributed by atoms with Crippen LogP contribution in [-0.4, -0.2) is 35.2 Å². The molecule has 0 amide bonds. The summed E-state index contributed by atoms with van der Waals surface area (Å²) in [6.07, 6.45) is 5.34. The Morgan fingerprint density at radius 3 is 3.06 bits per heavy atom. The van der Waals surface area contributed by atoms with Gasteiger partial charge in [-0.3, -0.25) is 4.90 Å². The summed E-state index contributed by atoms with van der Waals surface area (Å²) in [6.45, 7) is 7.63. The molecule has 2 rings (SSSR count). The van der Waals surface area contributed by atoms with Crippen molar-refractivity contribution >= 4 is 0 Å². The van der Waals surface area contributed by atoms with Crippen molar-refractivity contribution in [1.82, 2.24) is 15.4 Å². The maximum Gasteiger partial charge on any atom is 0.124 e. The van der Waals surface area contributed by atoms with Crippen molar-refractivity contribution in [3.05, 3.63) is 18.0 Å². The van der Waals surface area contributed by atoms with Gasteiger partial charge in [-0.05, 0) is 12.8 Å². The molecular weight excluding hydrogens is 214 g/mol. The molecule has 1 fully saturated rings. The summed E-state index contributed by atoms with van der Waals surface area (Å²) in [4.78, 5) is 2.54. The summed E-state index contributed by atoms with van der Waals surface area (Å²) in [5.74, 6) is 0. The summed E-state index contributed by atoms with van der Waals surface area (Å²) in [5.41, 5.74) is 1.04. The first-order chi connectivity index (χ1) is 8.33. The predicted octanol–water partition coefficient (Wildman–Crippen LogP) is 2.03. The summed E-state index contributed by atoms with van der Waals surface area (Å²) in [5, 5.41) is 7.66. The lowest BCUT2D eigenvalue weighted by atomic mass is 10.0. The molecule has 4 heteroatoms. The van der Waals surface area contributed by atoms with E-state index in [0.29, 0.717) is 12.1 Å². The SMILES string of the molecule is CCCC1CN(Cc2ccon2)C(CC)CN1. The standard InChI is InChI=1S/C13H23N3O/c1-3-5-11-9-16(13(4-2)8-14-11)10-12-6-7-17-15-12/h6-7,11,13-14H,3-5,8-10H2,1-2H3. The Bertz CT molecular complexity index is 312. The topological polar surface area (TPSA) is 41.3 Å². The van der Waals surface area contributed by atoms with E-state index in [0.717, 1.165) is 25.3 Å². The molecule has 1 saturated heterocycles. The zero-order valence-corrected chi connectivity index (χ0v) is 10.9. The maximum atomic E-state index is 4.91.